The van der Waals surface area contributed by atoms with Gasteiger partial charge in [0.25, 0.3) is 5.91 Å². The molecule has 28 heavy (non-hydrogen) atoms. The minimum Gasteiger partial charge on any atom is -0.463 e. The van der Waals surface area contributed by atoms with Crippen molar-refractivity contribution in [3.05, 3.63) is 54.4 Å². The number of nitrogens with one attached hydrogen (secondary N) is 1. The molecular formula is C19H19N3O4S2. The van der Waals surface area contributed by atoms with E-state index in [2.05, 4.69) is 10.4 Å². The summed E-state index contributed by atoms with van der Waals surface area (Å²) < 4.78 is 30.9. The maximum Gasteiger partial charge on any atom is 0.276 e. The highest BCUT2D eigenvalue weighted by Crippen LogP contribution is 2.30. The summed E-state index contributed by atoms with van der Waals surface area (Å²) in [5, 5.41) is 7.25. The summed E-state index contributed by atoms with van der Waals surface area (Å²) in [5.74, 6) is 0.322. The average molecular weight is 418 g/mol. The predicted octanol–water partition coefficient (Wildman–Crippen LogP) is 3.48. The van der Waals surface area contributed by atoms with Gasteiger partial charge in [-0.2, -0.15) is 5.10 Å². The molecule has 9 heteroatoms. The Morgan fingerprint density at radius 1 is 1.29 bits per heavy atom. The molecule has 1 atom stereocenters. The number of hydrogen-bond acceptors (Lipinski definition) is 6. The molecule has 1 saturated heterocycles. The van der Waals surface area contributed by atoms with E-state index in [9.17, 15) is 13.2 Å². The fourth-order valence-electron chi connectivity index (χ4n) is 3.23. The number of anilines is 1. The van der Waals surface area contributed by atoms with Gasteiger partial charge in [0.2, 0.25) is 0 Å². The van der Waals surface area contributed by atoms with E-state index >= 15 is 0 Å². The summed E-state index contributed by atoms with van der Waals surface area (Å²) in [5.41, 5.74) is 1.47. The van der Waals surface area contributed by atoms with E-state index in [1.165, 1.54) is 6.26 Å². The second-order valence-electron chi connectivity index (χ2n) is 6.58. The number of rotatable bonds is 5. The molecule has 1 N–H and O–H groups in total. The Kier molecular flexibility index (Phi) is 5.03. The summed E-state index contributed by atoms with van der Waals surface area (Å²) in [4.78, 5) is 13.8. The van der Waals surface area contributed by atoms with Gasteiger partial charge in [0.15, 0.2) is 21.3 Å². The smallest absolute Gasteiger partial charge is 0.276 e. The van der Waals surface area contributed by atoms with Crippen molar-refractivity contribution in [2.24, 2.45) is 0 Å². The molecule has 0 spiro atoms. The van der Waals surface area contributed by atoms with Gasteiger partial charge >= 0.3 is 0 Å². The van der Waals surface area contributed by atoms with E-state index < -0.39 is 9.84 Å². The van der Waals surface area contributed by atoms with Crippen molar-refractivity contribution < 1.29 is 17.6 Å². The highest BCUT2D eigenvalue weighted by Gasteiger charge is 2.32. The standard InChI is InChI=1S/C19H19N3O4S2/c1-27-15-6-4-13(5-7-15)20-19(23)16-11-17(18-3-2-9-26-18)22(21-16)14-8-10-28(24,25)12-14/h2-7,9,11,14H,8,10,12H2,1H3,(H,20,23). The number of benzene rings is 1. The highest BCUT2D eigenvalue weighted by molar-refractivity contribution is 7.98. The molecule has 1 aromatic carbocycles. The number of furan rings is 1. The van der Waals surface area contributed by atoms with E-state index in [4.69, 9.17) is 4.42 Å². The quantitative estimate of drug-likeness (QED) is 0.639. The van der Waals surface area contributed by atoms with Gasteiger partial charge in [-0.05, 0) is 49.1 Å². The van der Waals surface area contributed by atoms with E-state index in [1.54, 1.807) is 34.6 Å². The molecule has 0 bridgehead atoms. The van der Waals surface area contributed by atoms with E-state index in [0.29, 0.717) is 23.6 Å². The van der Waals surface area contributed by atoms with Crippen LogP contribution in [0.1, 0.15) is 23.0 Å². The first-order valence-corrected chi connectivity index (χ1v) is 11.8. The van der Waals surface area contributed by atoms with Crippen LogP contribution in [0.4, 0.5) is 5.69 Å². The molecule has 0 aliphatic carbocycles. The minimum atomic E-state index is -3.09. The van der Waals surface area contributed by atoms with Crippen LogP contribution >= 0.6 is 11.8 Å². The Morgan fingerprint density at radius 2 is 2.07 bits per heavy atom. The van der Waals surface area contributed by atoms with Crippen LogP contribution in [0.3, 0.4) is 0 Å². The summed E-state index contributed by atoms with van der Waals surface area (Å²) >= 11 is 1.62. The Hall–Kier alpha value is -2.52. The van der Waals surface area contributed by atoms with Crippen molar-refractivity contribution in [3.8, 4) is 11.5 Å². The SMILES string of the molecule is CSc1ccc(NC(=O)c2cc(-c3ccco3)n(C3CCS(=O)(=O)C3)n2)cc1. The molecule has 0 saturated carbocycles. The molecule has 146 valence electrons. The number of hydrogen-bond donors (Lipinski definition) is 1. The minimum absolute atomic E-state index is 0.0135. The molecule has 3 heterocycles. The number of amides is 1. The Labute approximate surface area is 167 Å². The van der Waals surface area contributed by atoms with Gasteiger partial charge in [-0.1, -0.05) is 0 Å². The Morgan fingerprint density at radius 3 is 2.68 bits per heavy atom. The molecular weight excluding hydrogens is 398 g/mol. The monoisotopic (exact) mass is 417 g/mol. The average Bonchev–Trinajstić information content (AvgIpc) is 3.40. The van der Waals surface area contributed by atoms with Crippen LogP contribution in [0.15, 0.2) is 58.0 Å². The van der Waals surface area contributed by atoms with Gasteiger partial charge in [0, 0.05) is 16.6 Å². The van der Waals surface area contributed by atoms with Crippen molar-refractivity contribution in [1.29, 1.82) is 0 Å². The van der Waals surface area contributed by atoms with E-state index in [-0.39, 0.29) is 29.1 Å². The van der Waals surface area contributed by atoms with Crippen molar-refractivity contribution in [2.75, 3.05) is 23.1 Å². The van der Waals surface area contributed by atoms with Crippen LogP contribution in [0.2, 0.25) is 0 Å². The van der Waals surface area contributed by atoms with Crippen molar-refractivity contribution in [1.82, 2.24) is 9.78 Å². The van der Waals surface area contributed by atoms with Crippen LogP contribution in [0.5, 0.6) is 0 Å². The lowest BCUT2D eigenvalue weighted by molar-refractivity contribution is 0.102. The normalized spacial score (nSPS) is 18.2. The van der Waals surface area contributed by atoms with E-state index in [1.807, 2.05) is 30.5 Å². The van der Waals surface area contributed by atoms with Crippen LogP contribution in [0, 0.1) is 0 Å². The molecule has 4 rings (SSSR count). The topological polar surface area (TPSA) is 94.2 Å². The summed E-state index contributed by atoms with van der Waals surface area (Å²) in [6, 6.07) is 12.3. The van der Waals surface area contributed by atoms with Crippen molar-refractivity contribution in [3.63, 3.8) is 0 Å². The number of nitrogens with zero attached hydrogens (tertiary/aromatic N) is 2. The molecule has 2 aromatic heterocycles. The fraction of sp³-hybridized carbons (Fsp3) is 0.263. The predicted molar refractivity (Wildman–Crippen MR) is 108 cm³/mol. The molecule has 7 nitrogen and oxygen atoms in total. The van der Waals surface area contributed by atoms with Gasteiger partial charge in [-0.3, -0.25) is 9.48 Å². The zero-order chi connectivity index (χ0) is 19.7. The van der Waals surface area contributed by atoms with Crippen LogP contribution < -0.4 is 5.32 Å². The lowest BCUT2D eigenvalue weighted by Crippen LogP contribution is -2.16. The third kappa shape index (κ3) is 3.85. The summed E-state index contributed by atoms with van der Waals surface area (Å²) in [6.45, 7) is 0. The highest BCUT2D eigenvalue weighted by atomic mass is 32.2. The van der Waals surface area contributed by atoms with Gasteiger partial charge in [-0.15, -0.1) is 11.8 Å². The maximum atomic E-state index is 12.7. The van der Waals surface area contributed by atoms with Crippen molar-refractivity contribution >= 4 is 33.2 Å². The Bertz CT molecular complexity index is 1090. The number of carbonyl (C=O) groups excluding carboxylic acids is 1. The van der Waals surface area contributed by atoms with Crippen LogP contribution in [-0.4, -0.2) is 41.9 Å². The van der Waals surface area contributed by atoms with Crippen LogP contribution in [0.25, 0.3) is 11.5 Å². The number of sulfone groups is 1. The molecule has 1 aliphatic rings. The number of aromatic nitrogens is 2. The van der Waals surface area contributed by atoms with Gasteiger partial charge in [-0.25, -0.2) is 8.42 Å². The maximum absolute atomic E-state index is 12.7. The second kappa shape index (κ2) is 7.48. The lowest BCUT2D eigenvalue weighted by atomic mass is 10.2. The van der Waals surface area contributed by atoms with Crippen LogP contribution in [-0.2, 0) is 9.84 Å². The molecule has 0 radical (unpaired) electrons. The molecule has 1 fully saturated rings. The Balaban J connectivity index is 1.63. The third-order valence-electron chi connectivity index (χ3n) is 4.64. The largest absolute Gasteiger partial charge is 0.463 e. The molecule has 1 unspecified atom stereocenters. The molecule has 1 aliphatic heterocycles. The fourth-order valence-corrected chi connectivity index (χ4v) is 5.33. The molecule has 3 aromatic rings. The second-order valence-corrected chi connectivity index (χ2v) is 9.68. The number of carbonyl (C=O) groups is 1. The molecule has 1 amide bonds. The zero-order valence-corrected chi connectivity index (χ0v) is 16.8. The first kappa shape index (κ1) is 18.8. The van der Waals surface area contributed by atoms with Gasteiger partial charge in [0.05, 0.1) is 23.8 Å². The van der Waals surface area contributed by atoms with E-state index in [0.717, 1.165) is 4.90 Å². The zero-order valence-electron chi connectivity index (χ0n) is 15.2. The summed E-state index contributed by atoms with van der Waals surface area (Å²) in [6.07, 6.45) is 3.99. The van der Waals surface area contributed by atoms with Gasteiger partial charge in [0.1, 0.15) is 5.69 Å². The third-order valence-corrected chi connectivity index (χ3v) is 7.14. The number of thioether (sulfide) groups is 1. The first-order chi connectivity index (χ1) is 13.4. The van der Waals surface area contributed by atoms with Crippen molar-refractivity contribution in [2.45, 2.75) is 17.4 Å². The van der Waals surface area contributed by atoms with Gasteiger partial charge < -0.3 is 9.73 Å². The lowest BCUT2D eigenvalue weighted by Gasteiger charge is -2.11. The first-order valence-electron chi connectivity index (χ1n) is 8.74. The summed E-state index contributed by atoms with van der Waals surface area (Å²) in [7, 11) is -3.09.